The van der Waals surface area contributed by atoms with Crippen LogP contribution in [0.25, 0.3) is 0 Å². The Hall–Kier alpha value is -1.47. The Labute approximate surface area is 154 Å². The van der Waals surface area contributed by atoms with Crippen molar-refractivity contribution in [2.24, 2.45) is 0 Å². The Morgan fingerprint density at radius 1 is 1.20 bits per heavy atom. The van der Waals surface area contributed by atoms with Gasteiger partial charge in [-0.15, -0.1) is 0 Å². The summed E-state index contributed by atoms with van der Waals surface area (Å²) in [7, 11) is -0.309. The highest BCUT2D eigenvalue weighted by Crippen LogP contribution is 2.34. The summed E-state index contributed by atoms with van der Waals surface area (Å²) in [6.07, 6.45) is 2.34. The maximum absolute atomic E-state index is 12.5. The van der Waals surface area contributed by atoms with Crippen LogP contribution in [0.3, 0.4) is 0 Å². The molecule has 0 aliphatic carbocycles. The highest BCUT2D eigenvalue weighted by atomic mass is 35.5. The van der Waals surface area contributed by atoms with Gasteiger partial charge in [-0.3, -0.25) is 4.98 Å². The largest absolute Gasteiger partial charge is 0.282 e. The van der Waals surface area contributed by atoms with Crippen molar-refractivity contribution in [1.29, 1.82) is 0 Å². The molecule has 1 aliphatic heterocycles. The number of hydrogen-bond acceptors (Lipinski definition) is 3. The summed E-state index contributed by atoms with van der Waals surface area (Å²) in [6, 6.07) is 13.3. The third kappa shape index (κ3) is 4.03. The molecule has 2 heterocycles. The number of rotatable bonds is 5. The van der Waals surface area contributed by atoms with Crippen molar-refractivity contribution in [3.63, 3.8) is 0 Å². The van der Waals surface area contributed by atoms with Crippen LogP contribution < -0.4 is 0 Å². The van der Waals surface area contributed by atoms with Gasteiger partial charge in [0.25, 0.3) is 10.2 Å². The van der Waals surface area contributed by atoms with E-state index in [1.165, 1.54) is 4.31 Å². The molecule has 0 saturated carbocycles. The van der Waals surface area contributed by atoms with E-state index in [9.17, 15) is 8.42 Å². The Balaban J connectivity index is 1.84. The standard InChI is InChI=1S/C18H22ClN3O2S/c1-21(2)25(23,24)22-12-4-7-18(22)17-6-3-5-16(20-17)13-14-8-10-15(19)11-9-14/h3,5-6,8-11,18H,4,7,12-13H2,1-2H3/t18-/m0/s1. The zero-order valence-corrected chi connectivity index (χ0v) is 16.0. The minimum atomic E-state index is -3.44. The maximum Gasteiger partial charge on any atom is 0.282 e. The summed E-state index contributed by atoms with van der Waals surface area (Å²) < 4.78 is 27.9. The van der Waals surface area contributed by atoms with E-state index >= 15 is 0 Å². The summed E-state index contributed by atoms with van der Waals surface area (Å²) in [4.78, 5) is 4.74. The first kappa shape index (κ1) is 18.3. The summed E-state index contributed by atoms with van der Waals surface area (Å²) in [5.74, 6) is 0. The van der Waals surface area contributed by atoms with Crippen LogP contribution in [-0.4, -0.2) is 42.7 Å². The van der Waals surface area contributed by atoms with Crippen molar-refractivity contribution in [1.82, 2.24) is 13.6 Å². The summed E-state index contributed by atoms with van der Waals surface area (Å²) in [5.41, 5.74) is 2.86. The smallest absolute Gasteiger partial charge is 0.256 e. The van der Waals surface area contributed by atoms with E-state index in [0.29, 0.717) is 18.0 Å². The van der Waals surface area contributed by atoms with Crippen LogP contribution in [0.4, 0.5) is 0 Å². The van der Waals surface area contributed by atoms with Crippen molar-refractivity contribution in [3.8, 4) is 0 Å². The van der Waals surface area contributed by atoms with Crippen LogP contribution in [0.5, 0.6) is 0 Å². The lowest BCUT2D eigenvalue weighted by atomic mass is 10.1. The molecule has 1 fully saturated rings. The van der Waals surface area contributed by atoms with Gasteiger partial charge in [-0.1, -0.05) is 29.8 Å². The lowest BCUT2D eigenvalue weighted by Gasteiger charge is -2.26. The molecule has 0 N–H and O–H groups in total. The van der Waals surface area contributed by atoms with Crippen LogP contribution in [0.1, 0.15) is 35.8 Å². The Morgan fingerprint density at radius 2 is 1.92 bits per heavy atom. The molecule has 1 aromatic heterocycles. The molecule has 1 aliphatic rings. The molecule has 1 saturated heterocycles. The Morgan fingerprint density at radius 3 is 2.60 bits per heavy atom. The molecule has 0 spiro atoms. The summed E-state index contributed by atoms with van der Waals surface area (Å²) in [5, 5.41) is 0.709. The molecule has 5 nitrogen and oxygen atoms in total. The molecule has 134 valence electrons. The van der Waals surface area contributed by atoms with E-state index < -0.39 is 10.2 Å². The van der Waals surface area contributed by atoms with Gasteiger partial charge < -0.3 is 0 Å². The van der Waals surface area contributed by atoms with Gasteiger partial charge in [0.2, 0.25) is 0 Å². The fourth-order valence-electron chi connectivity index (χ4n) is 3.12. The molecule has 7 heteroatoms. The topological polar surface area (TPSA) is 53.5 Å². The summed E-state index contributed by atoms with van der Waals surface area (Å²) >= 11 is 5.93. The van der Waals surface area contributed by atoms with Gasteiger partial charge >= 0.3 is 0 Å². The number of aromatic nitrogens is 1. The molecule has 0 radical (unpaired) electrons. The first-order valence-corrected chi connectivity index (χ1v) is 10.0. The number of hydrogen-bond donors (Lipinski definition) is 0. The van der Waals surface area contributed by atoms with Crippen molar-refractivity contribution in [2.75, 3.05) is 20.6 Å². The molecular weight excluding hydrogens is 358 g/mol. The lowest BCUT2D eigenvalue weighted by molar-refractivity contribution is 0.357. The van der Waals surface area contributed by atoms with E-state index in [0.717, 1.165) is 29.8 Å². The van der Waals surface area contributed by atoms with Gasteiger partial charge in [0.15, 0.2) is 0 Å². The fraction of sp³-hybridized carbons (Fsp3) is 0.389. The third-order valence-electron chi connectivity index (χ3n) is 4.43. The highest BCUT2D eigenvalue weighted by Gasteiger charge is 2.37. The molecule has 2 aromatic rings. The van der Waals surface area contributed by atoms with Crippen molar-refractivity contribution >= 4 is 21.8 Å². The monoisotopic (exact) mass is 379 g/mol. The second kappa shape index (κ2) is 7.41. The molecule has 0 unspecified atom stereocenters. The van der Waals surface area contributed by atoms with Gasteiger partial charge in [0, 0.05) is 37.8 Å². The minimum Gasteiger partial charge on any atom is -0.256 e. The van der Waals surface area contributed by atoms with Gasteiger partial charge in [-0.2, -0.15) is 17.0 Å². The number of pyridine rings is 1. The Bertz CT molecular complexity index is 838. The second-order valence-electron chi connectivity index (χ2n) is 6.42. The van der Waals surface area contributed by atoms with Crippen molar-refractivity contribution < 1.29 is 8.42 Å². The highest BCUT2D eigenvalue weighted by molar-refractivity contribution is 7.86. The normalized spacial score (nSPS) is 18.8. The molecule has 1 atom stereocenters. The third-order valence-corrected chi connectivity index (χ3v) is 6.63. The predicted octanol–water partition coefficient (Wildman–Crippen LogP) is 3.27. The average Bonchev–Trinajstić information content (AvgIpc) is 3.07. The van der Waals surface area contributed by atoms with Gasteiger partial charge in [-0.05, 0) is 42.7 Å². The molecule has 0 amide bonds. The van der Waals surface area contributed by atoms with Crippen LogP contribution in [-0.2, 0) is 16.6 Å². The van der Waals surface area contributed by atoms with E-state index in [2.05, 4.69) is 0 Å². The zero-order chi connectivity index (χ0) is 18.0. The van der Waals surface area contributed by atoms with Crippen LogP contribution in [0.2, 0.25) is 5.02 Å². The molecule has 0 bridgehead atoms. The molecular formula is C18H22ClN3O2S. The second-order valence-corrected chi connectivity index (χ2v) is 8.95. The van der Waals surface area contributed by atoms with E-state index in [1.807, 2.05) is 42.5 Å². The first-order chi connectivity index (χ1) is 11.9. The fourth-order valence-corrected chi connectivity index (χ4v) is 4.56. The number of halogens is 1. The van der Waals surface area contributed by atoms with Gasteiger partial charge in [0.05, 0.1) is 11.7 Å². The molecule has 3 rings (SSSR count). The van der Waals surface area contributed by atoms with Crippen molar-refractivity contribution in [2.45, 2.75) is 25.3 Å². The van der Waals surface area contributed by atoms with Gasteiger partial charge in [0.1, 0.15) is 0 Å². The minimum absolute atomic E-state index is 0.197. The van der Waals surface area contributed by atoms with E-state index in [1.54, 1.807) is 18.4 Å². The average molecular weight is 380 g/mol. The predicted molar refractivity (Wildman–Crippen MR) is 99.8 cm³/mol. The number of nitrogens with zero attached hydrogens (tertiary/aromatic N) is 3. The van der Waals surface area contributed by atoms with Crippen molar-refractivity contribution in [3.05, 3.63) is 64.4 Å². The number of benzene rings is 1. The quantitative estimate of drug-likeness (QED) is 0.801. The lowest BCUT2D eigenvalue weighted by Crippen LogP contribution is -2.39. The zero-order valence-electron chi connectivity index (χ0n) is 14.4. The summed E-state index contributed by atoms with van der Waals surface area (Å²) in [6.45, 7) is 0.536. The molecule has 25 heavy (non-hydrogen) atoms. The van der Waals surface area contributed by atoms with Crippen LogP contribution in [0.15, 0.2) is 42.5 Å². The molecule has 1 aromatic carbocycles. The maximum atomic E-state index is 12.5. The SMILES string of the molecule is CN(C)S(=O)(=O)N1CCC[C@H]1c1cccc(Cc2ccc(Cl)cc2)n1. The first-order valence-electron chi connectivity index (χ1n) is 8.27. The van der Waals surface area contributed by atoms with Crippen LogP contribution in [0, 0.1) is 0 Å². The van der Waals surface area contributed by atoms with Crippen LogP contribution >= 0.6 is 11.6 Å². The van der Waals surface area contributed by atoms with Gasteiger partial charge in [-0.25, -0.2) is 0 Å². The van der Waals surface area contributed by atoms with E-state index in [4.69, 9.17) is 16.6 Å². The Kier molecular flexibility index (Phi) is 5.43. The van der Waals surface area contributed by atoms with E-state index in [-0.39, 0.29) is 6.04 Å².